The summed E-state index contributed by atoms with van der Waals surface area (Å²) in [4.78, 5) is 16.7. The lowest BCUT2D eigenvalue weighted by Gasteiger charge is -1.97. The van der Waals surface area contributed by atoms with Crippen molar-refractivity contribution < 1.29 is 4.92 Å². The summed E-state index contributed by atoms with van der Waals surface area (Å²) in [5.74, 6) is 0.240. The van der Waals surface area contributed by atoms with Crippen LogP contribution in [0.2, 0.25) is 0 Å². The van der Waals surface area contributed by atoms with Crippen LogP contribution in [-0.2, 0) is 0 Å². The van der Waals surface area contributed by atoms with E-state index in [-0.39, 0.29) is 11.5 Å². The molecule has 1 heterocycles. The standard InChI is InChI=1S/C9H5N5O2/c10-13-12-9-4-1-6-5-7(14(15)16)2-3-8(6)11-9/h1-5H. The van der Waals surface area contributed by atoms with Gasteiger partial charge in [0.15, 0.2) is 0 Å². The summed E-state index contributed by atoms with van der Waals surface area (Å²) in [6.07, 6.45) is 0. The maximum atomic E-state index is 10.5. The predicted molar refractivity (Wildman–Crippen MR) is 57.2 cm³/mol. The molecule has 2 rings (SSSR count). The van der Waals surface area contributed by atoms with Gasteiger partial charge in [0.25, 0.3) is 5.69 Å². The van der Waals surface area contributed by atoms with Crippen molar-refractivity contribution in [3.05, 3.63) is 50.9 Å². The van der Waals surface area contributed by atoms with Crippen LogP contribution in [0.3, 0.4) is 0 Å². The van der Waals surface area contributed by atoms with Crippen molar-refractivity contribution in [2.75, 3.05) is 0 Å². The van der Waals surface area contributed by atoms with Gasteiger partial charge in [-0.3, -0.25) is 10.1 Å². The molecule has 0 unspecified atom stereocenters. The van der Waals surface area contributed by atoms with Crippen LogP contribution in [-0.4, -0.2) is 9.91 Å². The van der Waals surface area contributed by atoms with E-state index < -0.39 is 4.92 Å². The first-order chi connectivity index (χ1) is 7.70. The molecule has 2 aromatic rings. The second-order valence-corrected chi connectivity index (χ2v) is 2.99. The number of nitro groups is 1. The summed E-state index contributed by atoms with van der Waals surface area (Å²) in [5, 5.41) is 14.5. The molecule has 0 atom stereocenters. The number of nitro benzene ring substituents is 1. The van der Waals surface area contributed by atoms with Gasteiger partial charge in [-0.1, -0.05) is 6.07 Å². The second-order valence-electron chi connectivity index (χ2n) is 2.99. The molecule has 0 amide bonds. The van der Waals surface area contributed by atoms with E-state index in [1.165, 1.54) is 24.3 Å². The van der Waals surface area contributed by atoms with Crippen molar-refractivity contribution in [1.82, 2.24) is 4.98 Å². The van der Waals surface area contributed by atoms with Crippen LogP contribution in [0.15, 0.2) is 35.4 Å². The largest absolute Gasteiger partial charge is 0.270 e. The zero-order chi connectivity index (χ0) is 11.5. The van der Waals surface area contributed by atoms with Crippen molar-refractivity contribution in [1.29, 1.82) is 0 Å². The van der Waals surface area contributed by atoms with E-state index in [0.29, 0.717) is 10.9 Å². The maximum absolute atomic E-state index is 10.5. The Balaban J connectivity index is 2.61. The Bertz CT molecular complexity index is 577. The van der Waals surface area contributed by atoms with E-state index in [1.54, 1.807) is 6.07 Å². The van der Waals surface area contributed by atoms with Gasteiger partial charge < -0.3 is 0 Å². The van der Waals surface area contributed by atoms with Crippen LogP contribution in [0.4, 0.5) is 11.5 Å². The molecule has 0 saturated heterocycles. The molecule has 0 saturated carbocycles. The van der Waals surface area contributed by atoms with Crippen LogP contribution < -0.4 is 0 Å². The molecule has 0 fully saturated rings. The van der Waals surface area contributed by atoms with Crippen LogP contribution in [0.1, 0.15) is 0 Å². The average molecular weight is 215 g/mol. The molecule has 78 valence electrons. The minimum atomic E-state index is -0.471. The van der Waals surface area contributed by atoms with Gasteiger partial charge in [-0.05, 0) is 22.8 Å². The fraction of sp³-hybridized carbons (Fsp3) is 0. The third-order valence-corrected chi connectivity index (χ3v) is 2.02. The van der Waals surface area contributed by atoms with Crippen molar-refractivity contribution >= 4 is 22.4 Å². The van der Waals surface area contributed by atoms with Gasteiger partial charge in [0.05, 0.1) is 10.4 Å². The first-order valence-electron chi connectivity index (χ1n) is 4.31. The smallest absolute Gasteiger partial charge is 0.258 e. The van der Waals surface area contributed by atoms with Gasteiger partial charge in [-0.25, -0.2) is 4.98 Å². The molecule has 7 nitrogen and oxygen atoms in total. The molecule has 16 heavy (non-hydrogen) atoms. The molecular formula is C9H5N5O2. The maximum Gasteiger partial charge on any atom is 0.270 e. The summed E-state index contributed by atoms with van der Waals surface area (Å²) >= 11 is 0. The summed E-state index contributed by atoms with van der Waals surface area (Å²) in [7, 11) is 0. The van der Waals surface area contributed by atoms with Gasteiger partial charge in [0.2, 0.25) is 0 Å². The lowest BCUT2D eigenvalue weighted by molar-refractivity contribution is -0.384. The van der Waals surface area contributed by atoms with Crippen LogP contribution in [0, 0.1) is 10.1 Å². The molecule has 1 aromatic heterocycles. The Hall–Kier alpha value is -2.66. The lowest BCUT2D eigenvalue weighted by atomic mass is 10.2. The average Bonchev–Trinajstić information content (AvgIpc) is 2.28. The van der Waals surface area contributed by atoms with Gasteiger partial charge in [0, 0.05) is 22.4 Å². The Morgan fingerprint density at radius 1 is 1.38 bits per heavy atom. The van der Waals surface area contributed by atoms with Crippen molar-refractivity contribution in [3.63, 3.8) is 0 Å². The summed E-state index contributed by atoms with van der Waals surface area (Å²) in [5.41, 5.74) is 8.79. The van der Waals surface area contributed by atoms with Gasteiger partial charge >= 0.3 is 0 Å². The monoisotopic (exact) mass is 215 g/mol. The van der Waals surface area contributed by atoms with Crippen molar-refractivity contribution in [2.24, 2.45) is 5.11 Å². The van der Waals surface area contributed by atoms with Crippen molar-refractivity contribution in [2.45, 2.75) is 0 Å². The van der Waals surface area contributed by atoms with Crippen LogP contribution in [0.5, 0.6) is 0 Å². The van der Waals surface area contributed by atoms with E-state index in [0.717, 1.165) is 0 Å². The zero-order valence-corrected chi connectivity index (χ0v) is 7.94. The predicted octanol–water partition coefficient (Wildman–Crippen LogP) is 3.08. The number of pyridine rings is 1. The first-order valence-corrected chi connectivity index (χ1v) is 4.31. The highest BCUT2D eigenvalue weighted by Crippen LogP contribution is 2.21. The fourth-order valence-electron chi connectivity index (χ4n) is 1.32. The van der Waals surface area contributed by atoms with E-state index in [1.807, 2.05) is 0 Å². The number of benzene rings is 1. The third kappa shape index (κ3) is 1.75. The number of hydrogen-bond acceptors (Lipinski definition) is 4. The van der Waals surface area contributed by atoms with Gasteiger partial charge in [-0.15, -0.1) is 0 Å². The molecular weight excluding hydrogens is 210 g/mol. The van der Waals surface area contributed by atoms with E-state index in [4.69, 9.17) is 5.53 Å². The third-order valence-electron chi connectivity index (χ3n) is 2.02. The second kappa shape index (κ2) is 3.84. The topological polar surface area (TPSA) is 105 Å². The molecule has 7 heteroatoms. The van der Waals surface area contributed by atoms with Crippen molar-refractivity contribution in [3.8, 4) is 0 Å². The molecule has 0 spiro atoms. The van der Waals surface area contributed by atoms with Crippen LogP contribution in [0.25, 0.3) is 21.3 Å². The quantitative estimate of drug-likeness (QED) is 0.252. The number of aromatic nitrogens is 1. The molecule has 0 aliphatic heterocycles. The van der Waals surface area contributed by atoms with Gasteiger partial charge in [-0.2, -0.15) is 0 Å². The minimum absolute atomic E-state index is 0.00540. The van der Waals surface area contributed by atoms with E-state index in [2.05, 4.69) is 15.0 Å². The first kappa shape index (κ1) is 9.88. The fourth-order valence-corrected chi connectivity index (χ4v) is 1.32. The summed E-state index contributed by atoms with van der Waals surface area (Å²) < 4.78 is 0. The Morgan fingerprint density at radius 2 is 2.19 bits per heavy atom. The molecule has 0 aliphatic carbocycles. The molecule has 0 aliphatic rings. The highest BCUT2D eigenvalue weighted by molar-refractivity contribution is 5.82. The number of rotatable bonds is 2. The molecule has 1 aromatic carbocycles. The van der Waals surface area contributed by atoms with Gasteiger partial charge in [0.1, 0.15) is 5.82 Å². The number of azide groups is 1. The highest BCUT2D eigenvalue weighted by Gasteiger charge is 2.06. The Morgan fingerprint density at radius 3 is 2.88 bits per heavy atom. The lowest BCUT2D eigenvalue weighted by Crippen LogP contribution is -1.87. The SMILES string of the molecule is [N-]=[N+]=Nc1ccc2cc([N+](=O)[O-])ccc2n1. The highest BCUT2D eigenvalue weighted by atomic mass is 16.6. The normalized spacial score (nSPS) is 9.75. The molecule has 0 N–H and O–H groups in total. The van der Waals surface area contributed by atoms with Crippen LogP contribution >= 0.6 is 0 Å². The minimum Gasteiger partial charge on any atom is -0.258 e. The van der Waals surface area contributed by atoms with E-state index >= 15 is 0 Å². The number of hydrogen-bond donors (Lipinski definition) is 0. The summed E-state index contributed by atoms with van der Waals surface area (Å²) in [6, 6.07) is 7.42. The molecule has 0 radical (unpaired) electrons. The number of fused-ring (bicyclic) bond motifs is 1. The molecule has 0 bridgehead atoms. The van der Waals surface area contributed by atoms with E-state index in [9.17, 15) is 10.1 Å². The Kier molecular flexibility index (Phi) is 2.37. The zero-order valence-electron chi connectivity index (χ0n) is 7.94. The number of nitrogens with zero attached hydrogens (tertiary/aromatic N) is 5. The number of non-ortho nitro benzene ring substituents is 1. The Labute approximate surface area is 89.1 Å². The summed E-state index contributed by atoms with van der Waals surface area (Å²) in [6.45, 7) is 0.